The molecular weight excluding hydrogens is 452 g/mol. The maximum absolute atomic E-state index is 6.51. The molecule has 0 fully saturated rings. The second-order valence-corrected chi connectivity index (χ2v) is 9.06. The minimum Gasteiger partial charge on any atom is -0.453 e. The molecule has 37 heavy (non-hydrogen) atoms. The molecule has 0 amide bonds. The molecule has 1 aliphatic rings. The SMILES string of the molecule is c1ccc(N2c3ccccc3Oc3cc(N(c4ccccc4)c4cccc5ccccc45)ccc32)cc1. The smallest absolute Gasteiger partial charge is 0.153 e. The topological polar surface area (TPSA) is 15.7 Å². The van der Waals surface area contributed by atoms with Crippen molar-refractivity contribution in [2.45, 2.75) is 0 Å². The quantitative estimate of drug-likeness (QED) is 0.251. The lowest BCUT2D eigenvalue weighted by molar-refractivity contribution is 0.477. The summed E-state index contributed by atoms with van der Waals surface area (Å²) in [6.45, 7) is 0. The fraction of sp³-hybridized carbons (Fsp3) is 0. The number of hydrogen-bond acceptors (Lipinski definition) is 3. The van der Waals surface area contributed by atoms with E-state index in [-0.39, 0.29) is 0 Å². The Balaban J connectivity index is 1.43. The van der Waals surface area contributed by atoms with Crippen molar-refractivity contribution >= 4 is 44.9 Å². The van der Waals surface area contributed by atoms with Crippen LogP contribution in [0.1, 0.15) is 0 Å². The van der Waals surface area contributed by atoms with E-state index in [9.17, 15) is 0 Å². The number of fused-ring (bicyclic) bond motifs is 3. The molecule has 0 saturated heterocycles. The second kappa shape index (κ2) is 8.89. The molecule has 176 valence electrons. The Kier molecular flexibility index (Phi) is 5.11. The zero-order valence-electron chi connectivity index (χ0n) is 20.2. The van der Waals surface area contributed by atoms with Crippen LogP contribution in [-0.4, -0.2) is 0 Å². The Morgan fingerprint density at radius 3 is 2.03 bits per heavy atom. The van der Waals surface area contributed by atoms with Gasteiger partial charge in [-0.1, -0.05) is 84.9 Å². The minimum absolute atomic E-state index is 0.821. The molecule has 6 aromatic rings. The van der Waals surface area contributed by atoms with E-state index in [2.05, 4.69) is 137 Å². The molecule has 3 heteroatoms. The summed E-state index contributed by atoms with van der Waals surface area (Å²) in [5.74, 6) is 1.66. The molecule has 0 bridgehead atoms. The maximum atomic E-state index is 6.51. The van der Waals surface area contributed by atoms with Crippen LogP contribution in [0, 0.1) is 0 Å². The molecule has 1 aliphatic heterocycles. The predicted octanol–water partition coefficient (Wildman–Crippen LogP) is 9.89. The molecule has 0 atom stereocenters. The fourth-order valence-electron chi connectivity index (χ4n) is 5.15. The first-order chi connectivity index (χ1) is 18.4. The van der Waals surface area contributed by atoms with Crippen LogP contribution in [0.4, 0.5) is 34.1 Å². The highest BCUT2D eigenvalue weighted by atomic mass is 16.5. The van der Waals surface area contributed by atoms with Crippen LogP contribution in [-0.2, 0) is 0 Å². The summed E-state index contributed by atoms with van der Waals surface area (Å²) in [7, 11) is 0. The van der Waals surface area contributed by atoms with E-state index in [1.54, 1.807) is 0 Å². The van der Waals surface area contributed by atoms with Crippen molar-refractivity contribution in [1.29, 1.82) is 0 Å². The lowest BCUT2D eigenvalue weighted by Crippen LogP contribution is -2.16. The van der Waals surface area contributed by atoms with E-state index < -0.39 is 0 Å². The van der Waals surface area contributed by atoms with Crippen LogP contribution in [0.3, 0.4) is 0 Å². The van der Waals surface area contributed by atoms with Crippen molar-refractivity contribution < 1.29 is 4.74 Å². The fourth-order valence-corrected chi connectivity index (χ4v) is 5.15. The number of rotatable bonds is 4. The molecule has 0 aliphatic carbocycles. The van der Waals surface area contributed by atoms with Crippen molar-refractivity contribution in [2.75, 3.05) is 9.80 Å². The van der Waals surface area contributed by atoms with E-state index in [0.717, 1.165) is 45.6 Å². The van der Waals surface area contributed by atoms with Gasteiger partial charge < -0.3 is 14.5 Å². The first-order valence-electron chi connectivity index (χ1n) is 12.5. The van der Waals surface area contributed by atoms with Gasteiger partial charge in [-0.3, -0.25) is 0 Å². The van der Waals surface area contributed by atoms with Gasteiger partial charge in [-0.05, 0) is 60.0 Å². The predicted molar refractivity (Wildman–Crippen MR) is 153 cm³/mol. The zero-order chi connectivity index (χ0) is 24.6. The Bertz CT molecular complexity index is 1710. The van der Waals surface area contributed by atoms with Crippen LogP contribution >= 0.6 is 0 Å². The van der Waals surface area contributed by atoms with Crippen LogP contribution in [0.15, 0.2) is 146 Å². The van der Waals surface area contributed by atoms with Crippen molar-refractivity contribution in [3.8, 4) is 11.5 Å². The molecule has 0 N–H and O–H groups in total. The summed E-state index contributed by atoms with van der Waals surface area (Å²) in [6.07, 6.45) is 0. The maximum Gasteiger partial charge on any atom is 0.153 e. The first-order valence-corrected chi connectivity index (χ1v) is 12.5. The standard InChI is InChI=1S/C34H24N2O/c1-3-14-26(15-4-1)35(30-20-11-13-25-12-7-8-18-29(25)30)28-22-23-32-34(24-28)37-33-21-10-9-19-31(33)36(32)27-16-5-2-6-17-27/h1-24H. The highest BCUT2D eigenvalue weighted by Gasteiger charge is 2.27. The molecule has 1 heterocycles. The van der Waals surface area contributed by atoms with Gasteiger partial charge in [0.05, 0.1) is 22.7 Å². The van der Waals surface area contributed by atoms with Crippen molar-refractivity contribution in [3.63, 3.8) is 0 Å². The largest absolute Gasteiger partial charge is 0.453 e. The molecular formula is C34H24N2O. The van der Waals surface area contributed by atoms with Crippen LogP contribution in [0.25, 0.3) is 10.8 Å². The van der Waals surface area contributed by atoms with Gasteiger partial charge in [-0.25, -0.2) is 0 Å². The Hall–Kier alpha value is -5.02. The van der Waals surface area contributed by atoms with Crippen LogP contribution < -0.4 is 14.5 Å². The number of ether oxygens (including phenoxy) is 1. The third-order valence-corrected chi connectivity index (χ3v) is 6.80. The third-order valence-electron chi connectivity index (χ3n) is 6.80. The lowest BCUT2D eigenvalue weighted by atomic mass is 10.1. The third kappa shape index (κ3) is 3.69. The highest BCUT2D eigenvalue weighted by molar-refractivity contribution is 5.99. The number of nitrogens with zero attached hydrogens (tertiary/aromatic N) is 2. The minimum atomic E-state index is 0.821. The molecule has 0 aromatic heterocycles. The molecule has 0 spiro atoms. The Labute approximate surface area is 216 Å². The number of para-hydroxylation sites is 4. The average Bonchev–Trinajstić information content (AvgIpc) is 2.97. The molecule has 3 nitrogen and oxygen atoms in total. The van der Waals surface area contributed by atoms with E-state index in [1.165, 1.54) is 10.8 Å². The number of hydrogen-bond donors (Lipinski definition) is 0. The van der Waals surface area contributed by atoms with Gasteiger partial charge in [-0.15, -0.1) is 0 Å². The van der Waals surface area contributed by atoms with Gasteiger partial charge in [0.15, 0.2) is 11.5 Å². The van der Waals surface area contributed by atoms with Gasteiger partial charge in [0, 0.05) is 22.8 Å². The van der Waals surface area contributed by atoms with Gasteiger partial charge in [-0.2, -0.15) is 0 Å². The Morgan fingerprint density at radius 1 is 0.486 bits per heavy atom. The monoisotopic (exact) mass is 476 g/mol. The van der Waals surface area contributed by atoms with Crippen molar-refractivity contribution in [1.82, 2.24) is 0 Å². The molecule has 0 radical (unpaired) electrons. The van der Waals surface area contributed by atoms with E-state index in [1.807, 2.05) is 18.2 Å². The van der Waals surface area contributed by atoms with E-state index in [4.69, 9.17) is 4.74 Å². The molecule has 6 aromatic carbocycles. The summed E-state index contributed by atoms with van der Waals surface area (Å²) in [6, 6.07) is 50.6. The van der Waals surface area contributed by atoms with Gasteiger partial charge >= 0.3 is 0 Å². The van der Waals surface area contributed by atoms with Crippen LogP contribution in [0.5, 0.6) is 11.5 Å². The zero-order valence-corrected chi connectivity index (χ0v) is 20.2. The summed E-state index contributed by atoms with van der Waals surface area (Å²) < 4.78 is 6.51. The molecule has 0 unspecified atom stereocenters. The summed E-state index contributed by atoms with van der Waals surface area (Å²) >= 11 is 0. The highest BCUT2D eigenvalue weighted by Crippen LogP contribution is 2.52. The summed E-state index contributed by atoms with van der Waals surface area (Å²) in [4.78, 5) is 4.57. The normalized spacial score (nSPS) is 11.9. The average molecular weight is 477 g/mol. The Morgan fingerprint density at radius 2 is 1.16 bits per heavy atom. The lowest BCUT2D eigenvalue weighted by Gasteiger charge is -2.34. The molecule has 0 saturated carbocycles. The van der Waals surface area contributed by atoms with Gasteiger partial charge in [0.1, 0.15) is 0 Å². The van der Waals surface area contributed by atoms with Gasteiger partial charge in [0.25, 0.3) is 0 Å². The second-order valence-electron chi connectivity index (χ2n) is 9.06. The summed E-state index contributed by atoms with van der Waals surface area (Å²) in [5, 5.41) is 2.41. The van der Waals surface area contributed by atoms with E-state index in [0.29, 0.717) is 0 Å². The summed E-state index contributed by atoms with van der Waals surface area (Å²) in [5.41, 5.74) is 6.40. The van der Waals surface area contributed by atoms with Crippen molar-refractivity contribution in [2.24, 2.45) is 0 Å². The van der Waals surface area contributed by atoms with Gasteiger partial charge in [0.2, 0.25) is 0 Å². The number of anilines is 6. The van der Waals surface area contributed by atoms with Crippen LogP contribution in [0.2, 0.25) is 0 Å². The first kappa shape index (κ1) is 21.3. The molecule has 7 rings (SSSR count). The van der Waals surface area contributed by atoms with Crippen molar-refractivity contribution in [3.05, 3.63) is 146 Å². The number of benzene rings is 6. The van der Waals surface area contributed by atoms with E-state index >= 15 is 0 Å².